The summed E-state index contributed by atoms with van der Waals surface area (Å²) in [7, 11) is 1.75. The molecule has 0 amide bonds. The number of thioether (sulfide) groups is 1. The third-order valence-corrected chi connectivity index (χ3v) is 2.71. The molecule has 0 saturated heterocycles. The maximum absolute atomic E-state index is 4.21. The van der Waals surface area contributed by atoms with Gasteiger partial charge in [-0.2, -0.15) is 5.10 Å². The lowest BCUT2D eigenvalue weighted by Gasteiger charge is -2.12. The molecule has 13 heavy (non-hydrogen) atoms. The molecule has 0 aromatic carbocycles. The zero-order chi connectivity index (χ0) is 9.10. The van der Waals surface area contributed by atoms with Gasteiger partial charge in [-0.15, -0.1) is 0 Å². The van der Waals surface area contributed by atoms with Gasteiger partial charge in [0, 0.05) is 19.0 Å². The summed E-state index contributed by atoms with van der Waals surface area (Å²) in [6.07, 6.45) is 1.89. The standard InChI is InChI=1S/C8H10N4S/c1-9-8-12-11-7(5-13-8)6-3-2-4-10-6/h2-4,10H,5H2,1H3,(H,9,12). The van der Waals surface area contributed by atoms with Crippen LogP contribution in [0.25, 0.3) is 0 Å². The number of hydrogen-bond donors (Lipinski definition) is 2. The van der Waals surface area contributed by atoms with E-state index >= 15 is 0 Å². The first kappa shape index (κ1) is 8.37. The largest absolute Gasteiger partial charge is 0.360 e. The number of aromatic amines is 1. The molecule has 0 radical (unpaired) electrons. The maximum atomic E-state index is 4.21. The highest BCUT2D eigenvalue weighted by Crippen LogP contribution is 2.11. The van der Waals surface area contributed by atoms with E-state index in [-0.39, 0.29) is 0 Å². The summed E-state index contributed by atoms with van der Waals surface area (Å²) in [6.45, 7) is 0. The minimum atomic E-state index is 0.861. The van der Waals surface area contributed by atoms with Crippen molar-refractivity contribution in [1.82, 2.24) is 10.4 Å². The molecule has 1 aliphatic heterocycles. The zero-order valence-corrected chi connectivity index (χ0v) is 8.06. The number of hydrazone groups is 1. The van der Waals surface area contributed by atoms with Gasteiger partial charge in [-0.05, 0) is 12.1 Å². The van der Waals surface area contributed by atoms with E-state index in [9.17, 15) is 0 Å². The number of hydrogen-bond acceptors (Lipinski definition) is 3. The van der Waals surface area contributed by atoms with E-state index < -0.39 is 0 Å². The first-order chi connectivity index (χ1) is 6.40. The molecular formula is C8H10N4S. The quantitative estimate of drug-likeness (QED) is 0.702. The summed E-state index contributed by atoms with van der Waals surface area (Å²) in [5.41, 5.74) is 4.98. The fourth-order valence-electron chi connectivity index (χ4n) is 1.08. The molecule has 5 heteroatoms. The number of aliphatic imine (C=N–C) groups is 1. The lowest BCUT2D eigenvalue weighted by atomic mass is 10.3. The van der Waals surface area contributed by atoms with E-state index in [1.54, 1.807) is 18.8 Å². The maximum Gasteiger partial charge on any atom is 0.177 e. The normalized spacial score (nSPS) is 19.8. The van der Waals surface area contributed by atoms with Crippen molar-refractivity contribution in [3.8, 4) is 0 Å². The SMILES string of the molecule is CN=C1NN=C(c2ccc[nH]2)CS1. The molecule has 1 aromatic heterocycles. The van der Waals surface area contributed by atoms with Crippen molar-refractivity contribution in [2.24, 2.45) is 10.1 Å². The van der Waals surface area contributed by atoms with Gasteiger partial charge in [0.2, 0.25) is 0 Å². The van der Waals surface area contributed by atoms with Crippen LogP contribution in [0.5, 0.6) is 0 Å². The molecule has 1 aromatic rings. The van der Waals surface area contributed by atoms with E-state index in [4.69, 9.17) is 0 Å². The van der Waals surface area contributed by atoms with E-state index in [1.807, 2.05) is 18.3 Å². The predicted octanol–water partition coefficient (Wildman–Crippen LogP) is 1.04. The fraction of sp³-hybridized carbons (Fsp3) is 0.250. The van der Waals surface area contributed by atoms with Crippen LogP contribution in [0.2, 0.25) is 0 Å². The Balaban J connectivity index is 2.16. The molecule has 0 fully saturated rings. The molecule has 1 aliphatic rings. The minimum Gasteiger partial charge on any atom is -0.360 e. The van der Waals surface area contributed by atoms with Gasteiger partial charge in [0.15, 0.2) is 5.17 Å². The molecule has 68 valence electrons. The lowest BCUT2D eigenvalue weighted by Crippen LogP contribution is -2.25. The van der Waals surface area contributed by atoms with E-state index in [2.05, 4.69) is 20.5 Å². The number of aromatic nitrogens is 1. The van der Waals surface area contributed by atoms with E-state index in [0.717, 1.165) is 22.3 Å². The smallest absolute Gasteiger partial charge is 0.177 e. The van der Waals surface area contributed by atoms with E-state index in [0.29, 0.717) is 0 Å². The third-order valence-electron chi connectivity index (χ3n) is 1.74. The van der Waals surface area contributed by atoms with Crippen molar-refractivity contribution >= 4 is 22.6 Å². The summed E-state index contributed by atoms with van der Waals surface area (Å²) in [5, 5.41) is 5.08. The Morgan fingerprint density at radius 2 is 2.54 bits per heavy atom. The Labute approximate surface area is 80.5 Å². The lowest BCUT2D eigenvalue weighted by molar-refractivity contribution is 1.03. The average molecular weight is 194 g/mol. The summed E-state index contributed by atoms with van der Waals surface area (Å²) >= 11 is 1.66. The molecule has 0 spiro atoms. The van der Waals surface area contributed by atoms with Gasteiger partial charge >= 0.3 is 0 Å². The van der Waals surface area contributed by atoms with Crippen molar-refractivity contribution in [3.05, 3.63) is 24.0 Å². The summed E-state index contributed by atoms with van der Waals surface area (Å²) in [6, 6.07) is 3.97. The second-order valence-corrected chi connectivity index (χ2v) is 3.54. The van der Waals surface area contributed by atoms with Gasteiger partial charge in [-0.25, -0.2) is 0 Å². The van der Waals surface area contributed by atoms with Crippen LogP contribution >= 0.6 is 11.8 Å². The van der Waals surface area contributed by atoms with Gasteiger partial charge in [-0.3, -0.25) is 10.4 Å². The van der Waals surface area contributed by atoms with Crippen LogP contribution in [-0.4, -0.2) is 28.7 Å². The molecule has 2 N–H and O–H groups in total. The minimum absolute atomic E-state index is 0.861. The third kappa shape index (κ3) is 1.75. The van der Waals surface area contributed by atoms with Crippen LogP contribution in [0.3, 0.4) is 0 Å². The van der Waals surface area contributed by atoms with Crippen molar-refractivity contribution in [3.63, 3.8) is 0 Å². The van der Waals surface area contributed by atoms with Gasteiger partial charge < -0.3 is 4.98 Å². The number of amidine groups is 1. The average Bonchev–Trinajstić information content (AvgIpc) is 2.71. The first-order valence-corrected chi connectivity index (χ1v) is 4.94. The molecule has 2 heterocycles. The monoisotopic (exact) mass is 194 g/mol. The first-order valence-electron chi connectivity index (χ1n) is 3.96. The highest BCUT2D eigenvalue weighted by molar-refractivity contribution is 8.14. The predicted molar refractivity (Wildman–Crippen MR) is 56.3 cm³/mol. The van der Waals surface area contributed by atoms with Crippen molar-refractivity contribution in [2.45, 2.75) is 0 Å². The summed E-state index contributed by atoms with van der Waals surface area (Å²) in [5.74, 6) is 0.861. The Kier molecular flexibility index (Phi) is 2.35. The molecule has 0 saturated carbocycles. The fourth-order valence-corrected chi connectivity index (χ4v) is 1.81. The number of nitrogens with one attached hydrogen (secondary N) is 2. The number of nitrogens with zero attached hydrogens (tertiary/aromatic N) is 2. The molecule has 0 aliphatic carbocycles. The van der Waals surface area contributed by atoms with Gasteiger partial charge in [-0.1, -0.05) is 11.8 Å². The highest BCUT2D eigenvalue weighted by Gasteiger charge is 2.12. The summed E-state index contributed by atoms with van der Waals surface area (Å²) in [4.78, 5) is 7.13. The topological polar surface area (TPSA) is 52.5 Å². The Hall–Kier alpha value is -1.23. The Bertz CT molecular complexity index is 339. The van der Waals surface area contributed by atoms with Crippen LogP contribution in [-0.2, 0) is 0 Å². The van der Waals surface area contributed by atoms with Crippen LogP contribution in [0.4, 0.5) is 0 Å². The van der Waals surface area contributed by atoms with Crippen molar-refractivity contribution in [1.29, 1.82) is 0 Å². The second kappa shape index (κ2) is 3.66. The van der Waals surface area contributed by atoms with Crippen LogP contribution in [0, 0.1) is 0 Å². The molecular weight excluding hydrogens is 184 g/mol. The Morgan fingerprint density at radius 1 is 1.62 bits per heavy atom. The highest BCUT2D eigenvalue weighted by atomic mass is 32.2. The van der Waals surface area contributed by atoms with Gasteiger partial charge in [0.1, 0.15) is 0 Å². The molecule has 0 atom stereocenters. The van der Waals surface area contributed by atoms with Crippen LogP contribution in [0.15, 0.2) is 28.4 Å². The summed E-state index contributed by atoms with van der Waals surface area (Å²) < 4.78 is 0. The van der Waals surface area contributed by atoms with Crippen LogP contribution in [0.1, 0.15) is 5.69 Å². The van der Waals surface area contributed by atoms with Crippen molar-refractivity contribution in [2.75, 3.05) is 12.8 Å². The van der Waals surface area contributed by atoms with E-state index in [1.165, 1.54) is 0 Å². The number of rotatable bonds is 1. The molecule has 0 bridgehead atoms. The number of H-pyrrole nitrogens is 1. The molecule has 2 rings (SSSR count). The van der Waals surface area contributed by atoms with Crippen molar-refractivity contribution < 1.29 is 0 Å². The molecule has 0 unspecified atom stereocenters. The Morgan fingerprint density at radius 3 is 3.08 bits per heavy atom. The molecule has 4 nitrogen and oxygen atoms in total. The van der Waals surface area contributed by atoms with Gasteiger partial charge in [0.25, 0.3) is 0 Å². The van der Waals surface area contributed by atoms with Crippen LogP contribution < -0.4 is 5.43 Å². The second-order valence-electron chi connectivity index (χ2n) is 2.57. The van der Waals surface area contributed by atoms with Gasteiger partial charge in [0.05, 0.1) is 11.4 Å². The zero-order valence-electron chi connectivity index (χ0n) is 7.24.